The molecule has 150 valence electrons. The van der Waals surface area contributed by atoms with E-state index in [9.17, 15) is 0 Å². The Morgan fingerprint density at radius 3 is 2.97 bits per heavy atom. The van der Waals surface area contributed by atoms with E-state index in [2.05, 4.69) is 79.3 Å². The van der Waals surface area contributed by atoms with Crippen molar-refractivity contribution < 1.29 is 4.74 Å². The molecule has 1 atom stereocenters. The Morgan fingerprint density at radius 1 is 1.21 bits per heavy atom. The summed E-state index contributed by atoms with van der Waals surface area (Å²) in [6.45, 7) is 3.46. The first kappa shape index (κ1) is 18.6. The lowest BCUT2D eigenvalue weighted by Gasteiger charge is -2.35. The number of hydrogen-bond donors (Lipinski definition) is 2. The molecule has 1 aliphatic rings. The molecular formula is C21H23BrN6O. The highest BCUT2D eigenvalue weighted by Gasteiger charge is 2.22. The number of benzene rings is 2. The Morgan fingerprint density at radius 2 is 2.10 bits per heavy atom. The van der Waals surface area contributed by atoms with E-state index in [1.54, 1.807) is 0 Å². The van der Waals surface area contributed by atoms with Gasteiger partial charge in [-0.15, -0.1) is 0 Å². The lowest BCUT2D eigenvalue weighted by molar-refractivity contribution is 0.0248. The molecule has 0 spiro atoms. The van der Waals surface area contributed by atoms with Crippen LogP contribution in [0, 0.1) is 0 Å². The molecule has 2 aromatic carbocycles. The van der Waals surface area contributed by atoms with E-state index >= 15 is 0 Å². The van der Waals surface area contributed by atoms with E-state index in [1.165, 1.54) is 5.69 Å². The number of hydrogen-bond acceptors (Lipinski definition) is 5. The fourth-order valence-electron chi connectivity index (χ4n) is 3.94. The first-order valence-corrected chi connectivity index (χ1v) is 10.5. The van der Waals surface area contributed by atoms with Gasteiger partial charge >= 0.3 is 0 Å². The number of imidazole rings is 1. The minimum Gasteiger partial charge on any atom is -0.373 e. The third kappa shape index (κ3) is 3.63. The molecule has 3 heterocycles. The van der Waals surface area contributed by atoms with Crippen molar-refractivity contribution in [2.75, 3.05) is 45.2 Å². The number of rotatable bonds is 4. The van der Waals surface area contributed by atoms with Crippen molar-refractivity contribution in [2.45, 2.75) is 6.10 Å². The van der Waals surface area contributed by atoms with Gasteiger partial charge in [0.1, 0.15) is 5.69 Å². The highest BCUT2D eigenvalue weighted by Crippen LogP contribution is 2.30. The van der Waals surface area contributed by atoms with Crippen molar-refractivity contribution in [3.8, 4) is 11.5 Å². The zero-order valence-corrected chi connectivity index (χ0v) is 18.0. The normalized spacial score (nSPS) is 17.7. The lowest BCUT2D eigenvalue weighted by atomic mass is 10.2. The van der Waals surface area contributed by atoms with Crippen molar-refractivity contribution in [1.29, 1.82) is 0 Å². The number of likely N-dealkylation sites (N-methyl/N-ethyl adjacent to an activating group) is 1. The second-order valence-corrected chi connectivity index (χ2v) is 8.67. The summed E-state index contributed by atoms with van der Waals surface area (Å²) in [5, 5.41) is 8.61. The van der Waals surface area contributed by atoms with Gasteiger partial charge in [-0.2, -0.15) is 5.10 Å². The smallest absolute Gasteiger partial charge is 0.159 e. The summed E-state index contributed by atoms with van der Waals surface area (Å²) in [4.78, 5) is 12.8. The molecule has 2 N–H and O–H groups in total. The standard InChI is InChI=1S/C21H23BrN6O/c1-27(2)11-15-12-28(7-8-29-15)14-4-6-18-19(10-14)24-21(23-18)20-16-9-13(22)3-5-17(16)25-26-20/h3-6,9-10,15H,7-8,11-12H2,1-2H3,(H,23,24)(H,25,26). The van der Waals surface area contributed by atoms with Crippen LogP contribution in [0.1, 0.15) is 0 Å². The molecule has 0 saturated carbocycles. The summed E-state index contributed by atoms with van der Waals surface area (Å²) in [7, 11) is 4.16. The van der Waals surface area contributed by atoms with Crippen LogP contribution in [0.3, 0.4) is 0 Å². The summed E-state index contributed by atoms with van der Waals surface area (Å²) >= 11 is 3.54. The fourth-order valence-corrected chi connectivity index (χ4v) is 4.31. The fraction of sp³-hybridized carbons (Fsp3) is 0.333. The third-order valence-electron chi connectivity index (χ3n) is 5.29. The van der Waals surface area contributed by atoms with Crippen LogP contribution in [0.4, 0.5) is 5.69 Å². The van der Waals surface area contributed by atoms with Crippen molar-refractivity contribution in [3.05, 3.63) is 40.9 Å². The molecule has 1 fully saturated rings. The minimum atomic E-state index is 0.223. The van der Waals surface area contributed by atoms with Crippen molar-refractivity contribution in [3.63, 3.8) is 0 Å². The highest BCUT2D eigenvalue weighted by molar-refractivity contribution is 9.10. The number of aromatic amines is 2. The average molecular weight is 455 g/mol. The van der Waals surface area contributed by atoms with Gasteiger partial charge in [-0.3, -0.25) is 5.10 Å². The summed E-state index contributed by atoms with van der Waals surface area (Å²) < 4.78 is 6.93. The maximum Gasteiger partial charge on any atom is 0.159 e. The molecule has 1 aliphatic heterocycles. The summed E-state index contributed by atoms with van der Waals surface area (Å²) in [6.07, 6.45) is 0.223. The molecule has 7 nitrogen and oxygen atoms in total. The Kier molecular flexibility index (Phi) is 4.77. The van der Waals surface area contributed by atoms with Gasteiger partial charge in [0.05, 0.1) is 29.3 Å². The van der Waals surface area contributed by atoms with Gasteiger partial charge in [-0.1, -0.05) is 15.9 Å². The molecule has 2 aromatic heterocycles. The zero-order chi connectivity index (χ0) is 20.0. The highest BCUT2D eigenvalue weighted by atomic mass is 79.9. The topological polar surface area (TPSA) is 73.1 Å². The molecule has 0 radical (unpaired) electrons. The number of anilines is 1. The van der Waals surface area contributed by atoms with Crippen molar-refractivity contribution >= 4 is 43.6 Å². The molecule has 8 heteroatoms. The number of ether oxygens (including phenoxy) is 1. The molecule has 29 heavy (non-hydrogen) atoms. The van der Waals surface area contributed by atoms with Crippen LogP contribution in [0.5, 0.6) is 0 Å². The van der Waals surface area contributed by atoms with Crippen LogP contribution in [-0.4, -0.2) is 71.5 Å². The first-order valence-electron chi connectivity index (χ1n) is 9.72. The summed E-state index contributed by atoms with van der Waals surface area (Å²) in [5.41, 5.74) is 4.96. The molecule has 1 saturated heterocycles. The monoisotopic (exact) mass is 454 g/mol. The number of nitrogens with zero attached hydrogens (tertiary/aromatic N) is 4. The third-order valence-corrected chi connectivity index (χ3v) is 5.78. The van der Waals surface area contributed by atoms with Crippen molar-refractivity contribution in [2.24, 2.45) is 0 Å². The molecule has 0 bridgehead atoms. The van der Waals surface area contributed by atoms with Gasteiger partial charge in [0.15, 0.2) is 5.82 Å². The number of morpholine rings is 1. The number of halogens is 1. The first-order chi connectivity index (χ1) is 14.1. The SMILES string of the molecule is CN(C)CC1CN(c2ccc3nc(-c4n[nH]c5ccc(Br)cc45)[nH]c3c2)CCO1. The zero-order valence-electron chi connectivity index (χ0n) is 16.4. The van der Waals surface area contributed by atoms with Crippen LogP contribution < -0.4 is 4.90 Å². The van der Waals surface area contributed by atoms with E-state index in [1.807, 2.05) is 12.1 Å². The number of aromatic nitrogens is 4. The quantitative estimate of drug-likeness (QED) is 0.492. The van der Waals surface area contributed by atoms with E-state index in [4.69, 9.17) is 9.72 Å². The van der Waals surface area contributed by atoms with Crippen LogP contribution in [0.2, 0.25) is 0 Å². The molecule has 5 rings (SSSR count). The number of nitrogens with one attached hydrogen (secondary N) is 2. The van der Waals surface area contributed by atoms with E-state index in [0.717, 1.165) is 64.2 Å². The van der Waals surface area contributed by atoms with Gasteiger partial charge in [-0.25, -0.2) is 4.98 Å². The van der Waals surface area contributed by atoms with Gasteiger partial charge in [0.25, 0.3) is 0 Å². The van der Waals surface area contributed by atoms with E-state index < -0.39 is 0 Å². The largest absolute Gasteiger partial charge is 0.373 e. The Hall–Kier alpha value is -2.42. The van der Waals surface area contributed by atoms with Crippen LogP contribution in [0.15, 0.2) is 40.9 Å². The van der Waals surface area contributed by atoms with Crippen LogP contribution in [0.25, 0.3) is 33.5 Å². The number of H-pyrrole nitrogens is 2. The lowest BCUT2D eigenvalue weighted by Crippen LogP contribution is -2.46. The van der Waals surface area contributed by atoms with Crippen LogP contribution >= 0.6 is 15.9 Å². The predicted molar refractivity (Wildman–Crippen MR) is 119 cm³/mol. The second-order valence-electron chi connectivity index (χ2n) is 7.75. The average Bonchev–Trinajstić information content (AvgIpc) is 3.30. The van der Waals surface area contributed by atoms with Crippen LogP contribution in [-0.2, 0) is 4.74 Å². The Bertz CT molecular complexity index is 1170. The maximum absolute atomic E-state index is 5.91. The van der Waals surface area contributed by atoms with Gasteiger partial charge in [-0.05, 0) is 50.5 Å². The summed E-state index contributed by atoms with van der Waals surface area (Å²) in [5.74, 6) is 0.772. The molecule has 0 aliphatic carbocycles. The predicted octanol–water partition coefficient (Wildman–Crippen LogP) is 3.64. The van der Waals surface area contributed by atoms with E-state index in [0.29, 0.717) is 0 Å². The van der Waals surface area contributed by atoms with Gasteiger partial charge in [0.2, 0.25) is 0 Å². The summed E-state index contributed by atoms with van der Waals surface area (Å²) in [6, 6.07) is 12.5. The number of fused-ring (bicyclic) bond motifs is 2. The maximum atomic E-state index is 5.91. The molecule has 4 aromatic rings. The van der Waals surface area contributed by atoms with Gasteiger partial charge < -0.3 is 19.5 Å². The van der Waals surface area contributed by atoms with Crippen molar-refractivity contribution in [1.82, 2.24) is 25.1 Å². The minimum absolute atomic E-state index is 0.223. The molecule has 0 amide bonds. The van der Waals surface area contributed by atoms with Gasteiger partial charge in [0, 0.05) is 35.2 Å². The molecular weight excluding hydrogens is 432 g/mol. The Balaban J connectivity index is 1.46. The molecule has 1 unspecified atom stereocenters. The Labute approximate surface area is 177 Å². The second kappa shape index (κ2) is 7.44. The van der Waals surface area contributed by atoms with E-state index in [-0.39, 0.29) is 6.10 Å².